The van der Waals surface area contributed by atoms with Crippen LogP contribution >= 0.6 is 15.9 Å². The predicted molar refractivity (Wildman–Crippen MR) is 108 cm³/mol. The van der Waals surface area contributed by atoms with Crippen molar-refractivity contribution in [2.75, 3.05) is 26.8 Å². The van der Waals surface area contributed by atoms with Crippen LogP contribution in [0.1, 0.15) is 23.0 Å². The first kappa shape index (κ1) is 22.3. The molecule has 1 aromatic heterocycles. The van der Waals surface area contributed by atoms with Crippen LogP contribution in [0, 0.1) is 0 Å². The number of nitrogens with one attached hydrogen (secondary N) is 3. The van der Waals surface area contributed by atoms with Crippen LogP contribution in [-0.4, -0.2) is 44.5 Å². The molecule has 1 heterocycles. The van der Waals surface area contributed by atoms with E-state index in [-0.39, 0.29) is 37.3 Å². The van der Waals surface area contributed by atoms with Crippen LogP contribution in [0.4, 0.5) is 0 Å². The highest BCUT2D eigenvalue weighted by molar-refractivity contribution is 9.10. The monoisotopic (exact) mass is 467 g/mol. The number of rotatable bonds is 10. The second-order valence-electron chi connectivity index (χ2n) is 5.79. The van der Waals surface area contributed by atoms with Crippen LogP contribution in [0.2, 0.25) is 0 Å². The number of ether oxygens (including phenoxy) is 2. The number of carbonyl (C=O) groups excluding carboxylic acids is 3. The van der Waals surface area contributed by atoms with E-state index in [1.165, 1.54) is 13.2 Å². The van der Waals surface area contributed by atoms with Gasteiger partial charge < -0.3 is 29.8 Å². The molecule has 0 aliphatic carbocycles. The van der Waals surface area contributed by atoms with Crippen molar-refractivity contribution in [3.05, 3.63) is 46.3 Å². The molecule has 2 rings (SSSR count). The zero-order valence-electron chi connectivity index (χ0n) is 16.0. The number of benzene rings is 1. The third kappa shape index (κ3) is 7.15. The Kier molecular flexibility index (Phi) is 8.53. The second-order valence-corrected chi connectivity index (χ2v) is 6.57. The SMILES string of the molecule is CCNC(=O)COc1ccc(CNC(=O)CNC(=O)c2ccc(Br)o2)cc1OC. The molecule has 0 unspecified atom stereocenters. The molecule has 3 N–H and O–H groups in total. The van der Waals surface area contributed by atoms with Crippen molar-refractivity contribution in [1.29, 1.82) is 0 Å². The molecule has 10 heteroatoms. The van der Waals surface area contributed by atoms with E-state index in [1.54, 1.807) is 24.3 Å². The summed E-state index contributed by atoms with van der Waals surface area (Å²) in [7, 11) is 1.49. The number of hydrogen-bond acceptors (Lipinski definition) is 6. The van der Waals surface area contributed by atoms with E-state index < -0.39 is 5.91 Å². The second kappa shape index (κ2) is 11.1. The van der Waals surface area contributed by atoms with Gasteiger partial charge in [-0.25, -0.2) is 0 Å². The number of amides is 3. The lowest BCUT2D eigenvalue weighted by molar-refractivity contribution is -0.123. The van der Waals surface area contributed by atoms with E-state index >= 15 is 0 Å². The van der Waals surface area contributed by atoms with Crippen LogP contribution in [0.15, 0.2) is 39.4 Å². The minimum atomic E-state index is -0.485. The van der Waals surface area contributed by atoms with Crippen molar-refractivity contribution in [1.82, 2.24) is 16.0 Å². The largest absolute Gasteiger partial charge is 0.493 e. The Morgan fingerprint density at radius 2 is 1.83 bits per heavy atom. The number of furan rings is 1. The summed E-state index contributed by atoms with van der Waals surface area (Å²) in [5.41, 5.74) is 0.766. The minimum Gasteiger partial charge on any atom is -0.493 e. The van der Waals surface area contributed by atoms with Crippen LogP contribution < -0.4 is 25.4 Å². The highest BCUT2D eigenvalue weighted by Gasteiger charge is 2.12. The summed E-state index contributed by atoms with van der Waals surface area (Å²) in [5, 5.41) is 7.80. The predicted octanol–water partition coefficient (Wildman–Crippen LogP) is 1.61. The van der Waals surface area contributed by atoms with E-state index in [0.29, 0.717) is 22.7 Å². The van der Waals surface area contributed by atoms with Crippen LogP contribution in [0.3, 0.4) is 0 Å². The number of methoxy groups -OCH3 is 1. The lowest BCUT2D eigenvalue weighted by Gasteiger charge is -2.12. The van der Waals surface area contributed by atoms with Crippen molar-refractivity contribution in [2.45, 2.75) is 13.5 Å². The van der Waals surface area contributed by atoms with Crippen LogP contribution in [0.25, 0.3) is 0 Å². The van der Waals surface area contributed by atoms with Crippen LogP contribution in [-0.2, 0) is 16.1 Å². The Labute approximate surface area is 176 Å². The van der Waals surface area contributed by atoms with Gasteiger partial charge in [-0.1, -0.05) is 6.07 Å². The zero-order chi connectivity index (χ0) is 21.2. The van der Waals surface area contributed by atoms with Gasteiger partial charge in [-0.15, -0.1) is 0 Å². The first-order valence-corrected chi connectivity index (χ1v) is 9.58. The van der Waals surface area contributed by atoms with Crippen LogP contribution in [0.5, 0.6) is 11.5 Å². The number of likely N-dealkylation sites (N-methyl/N-ethyl adjacent to an activating group) is 1. The molecular formula is C19H22BrN3O6. The highest BCUT2D eigenvalue weighted by atomic mass is 79.9. The van der Waals surface area contributed by atoms with Gasteiger partial charge in [0.2, 0.25) is 5.91 Å². The molecule has 0 atom stereocenters. The topological polar surface area (TPSA) is 119 Å². The van der Waals surface area contributed by atoms with Gasteiger partial charge in [0.1, 0.15) is 0 Å². The van der Waals surface area contributed by atoms with Gasteiger partial charge in [-0.05, 0) is 52.7 Å². The van der Waals surface area contributed by atoms with Gasteiger partial charge in [0.25, 0.3) is 11.8 Å². The summed E-state index contributed by atoms with van der Waals surface area (Å²) in [5.74, 6) is -0.100. The third-order valence-corrected chi connectivity index (χ3v) is 4.08. The summed E-state index contributed by atoms with van der Waals surface area (Å²) >= 11 is 3.11. The Hall–Kier alpha value is -3.01. The average Bonchev–Trinajstić information content (AvgIpc) is 3.15. The smallest absolute Gasteiger partial charge is 0.287 e. The minimum absolute atomic E-state index is 0.109. The third-order valence-electron chi connectivity index (χ3n) is 3.66. The molecule has 156 valence electrons. The number of carbonyl (C=O) groups is 3. The molecule has 0 saturated carbocycles. The van der Waals surface area contributed by atoms with Gasteiger partial charge in [0.15, 0.2) is 28.5 Å². The van der Waals surface area contributed by atoms with Gasteiger partial charge in [-0.3, -0.25) is 14.4 Å². The molecule has 0 spiro atoms. The maximum atomic E-state index is 12.0. The number of hydrogen-bond donors (Lipinski definition) is 3. The maximum Gasteiger partial charge on any atom is 0.287 e. The van der Waals surface area contributed by atoms with E-state index in [2.05, 4.69) is 31.9 Å². The van der Waals surface area contributed by atoms with E-state index in [9.17, 15) is 14.4 Å². The molecule has 0 radical (unpaired) electrons. The Morgan fingerprint density at radius 3 is 2.48 bits per heavy atom. The summed E-state index contributed by atoms with van der Waals surface area (Å²) in [6.07, 6.45) is 0. The lowest BCUT2D eigenvalue weighted by atomic mass is 10.2. The molecule has 0 saturated heterocycles. The fourth-order valence-electron chi connectivity index (χ4n) is 2.28. The first-order valence-electron chi connectivity index (χ1n) is 8.79. The summed E-state index contributed by atoms with van der Waals surface area (Å²) < 4.78 is 16.3. The van der Waals surface area contributed by atoms with E-state index in [4.69, 9.17) is 13.9 Å². The summed E-state index contributed by atoms with van der Waals surface area (Å²) in [4.78, 5) is 35.3. The van der Waals surface area contributed by atoms with Crippen molar-refractivity contribution in [2.24, 2.45) is 0 Å². The molecule has 0 bridgehead atoms. The number of halogens is 1. The zero-order valence-corrected chi connectivity index (χ0v) is 17.6. The highest BCUT2D eigenvalue weighted by Crippen LogP contribution is 2.28. The van der Waals surface area contributed by atoms with Crippen molar-refractivity contribution >= 4 is 33.7 Å². The van der Waals surface area contributed by atoms with Crippen molar-refractivity contribution in [3.8, 4) is 11.5 Å². The summed E-state index contributed by atoms with van der Waals surface area (Å²) in [6.45, 7) is 2.27. The molecule has 29 heavy (non-hydrogen) atoms. The molecule has 9 nitrogen and oxygen atoms in total. The fraction of sp³-hybridized carbons (Fsp3) is 0.316. The molecule has 2 aromatic rings. The Bertz CT molecular complexity index is 867. The van der Waals surface area contributed by atoms with Crippen molar-refractivity contribution < 1.29 is 28.3 Å². The van der Waals surface area contributed by atoms with E-state index in [0.717, 1.165) is 5.56 Å². The average molecular weight is 468 g/mol. The molecule has 3 amide bonds. The van der Waals surface area contributed by atoms with Gasteiger partial charge in [0, 0.05) is 13.1 Å². The molecule has 0 aliphatic rings. The Balaban J connectivity index is 1.82. The fourth-order valence-corrected chi connectivity index (χ4v) is 2.59. The van der Waals surface area contributed by atoms with Gasteiger partial charge in [0.05, 0.1) is 13.7 Å². The lowest BCUT2D eigenvalue weighted by Crippen LogP contribution is -2.36. The van der Waals surface area contributed by atoms with Gasteiger partial charge >= 0.3 is 0 Å². The molecule has 0 aliphatic heterocycles. The first-order chi connectivity index (χ1) is 13.9. The van der Waals surface area contributed by atoms with E-state index in [1.807, 2.05) is 6.92 Å². The van der Waals surface area contributed by atoms with Gasteiger partial charge in [-0.2, -0.15) is 0 Å². The summed E-state index contributed by atoms with van der Waals surface area (Å²) in [6, 6.07) is 8.20. The quantitative estimate of drug-likeness (QED) is 0.488. The Morgan fingerprint density at radius 1 is 1.03 bits per heavy atom. The normalized spacial score (nSPS) is 10.2. The molecular weight excluding hydrogens is 446 g/mol. The standard InChI is InChI=1S/C19H22BrN3O6/c1-3-21-18(25)11-28-13-5-4-12(8-15(13)27-2)9-22-17(24)10-23-19(26)14-6-7-16(20)29-14/h4-8H,3,9-11H2,1-2H3,(H,21,25)(H,22,24)(H,23,26). The van der Waals surface area contributed by atoms with Crippen molar-refractivity contribution in [3.63, 3.8) is 0 Å². The molecule has 0 fully saturated rings. The maximum absolute atomic E-state index is 12.0. The molecule has 1 aromatic carbocycles.